The molecule has 1 N–H and O–H groups in total. The lowest BCUT2D eigenvalue weighted by atomic mass is 9.92. The Kier molecular flexibility index (Phi) is 9.87. The van der Waals surface area contributed by atoms with Gasteiger partial charge < -0.3 is 14.3 Å². The lowest BCUT2D eigenvalue weighted by Crippen LogP contribution is -2.66. The minimum Gasteiger partial charge on any atom is -0.407 e. The third kappa shape index (κ3) is 6.92. The van der Waals surface area contributed by atoms with E-state index in [9.17, 15) is 5.11 Å². The van der Waals surface area contributed by atoms with Crippen LogP contribution < -0.4 is 10.4 Å². The van der Waals surface area contributed by atoms with Gasteiger partial charge >= 0.3 is 0 Å². The third-order valence-electron chi connectivity index (χ3n) is 6.97. The largest absolute Gasteiger partial charge is 0.407 e. The molecule has 35 heavy (non-hydrogen) atoms. The van der Waals surface area contributed by atoms with Crippen molar-refractivity contribution in [2.24, 2.45) is 11.8 Å². The summed E-state index contributed by atoms with van der Waals surface area (Å²) >= 11 is 0. The third-order valence-corrected chi connectivity index (χ3v) is 12.0. The van der Waals surface area contributed by atoms with Gasteiger partial charge in [-0.15, -0.1) is 0 Å². The highest BCUT2D eigenvalue weighted by atomic mass is 28.4. The Balaban J connectivity index is 1.65. The molecule has 3 nitrogen and oxygen atoms in total. The SMILES string of the molecule is C[C@H](COCc1ccccc1)[C@@H](O)[C@@H](C)CCO[Si](c1ccccc1)(c1ccccc1)C(C)(C)C. The lowest BCUT2D eigenvalue weighted by Gasteiger charge is -2.43. The molecule has 0 amide bonds. The molecule has 0 saturated heterocycles. The van der Waals surface area contributed by atoms with Gasteiger partial charge in [-0.1, -0.05) is 126 Å². The van der Waals surface area contributed by atoms with Crippen molar-refractivity contribution >= 4 is 18.7 Å². The molecule has 4 heteroatoms. The van der Waals surface area contributed by atoms with Crippen LogP contribution in [0.2, 0.25) is 5.04 Å². The van der Waals surface area contributed by atoms with Crippen LogP contribution in [-0.2, 0) is 15.8 Å². The second-order valence-electron chi connectivity index (χ2n) is 10.7. The van der Waals surface area contributed by atoms with Crippen LogP contribution >= 0.6 is 0 Å². The Bertz CT molecular complexity index is 947. The van der Waals surface area contributed by atoms with Crippen LogP contribution in [0, 0.1) is 11.8 Å². The van der Waals surface area contributed by atoms with E-state index in [4.69, 9.17) is 9.16 Å². The summed E-state index contributed by atoms with van der Waals surface area (Å²) in [5.41, 5.74) is 1.15. The van der Waals surface area contributed by atoms with Crippen LogP contribution in [0.4, 0.5) is 0 Å². The fraction of sp³-hybridized carbons (Fsp3) is 0.419. The summed E-state index contributed by atoms with van der Waals surface area (Å²) in [7, 11) is -2.54. The van der Waals surface area contributed by atoms with E-state index in [1.54, 1.807) is 0 Å². The van der Waals surface area contributed by atoms with Crippen LogP contribution in [0.25, 0.3) is 0 Å². The average Bonchev–Trinajstić information content (AvgIpc) is 2.87. The summed E-state index contributed by atoms with van der Waals surface area (Å²) in [5.74, 6) is 0.171. The summed E-state index contributed by atoms with van der Waals surface area (Å²) in [6.07, 6.45) is 0.364. The maximum Gasteiger partial charge on any atom is 0.261 e. The number of benzene rings is 3. The first-order chi connectivity index (χ1) is 16.8. The Morgan fingerprint density at radius 1 is 0.743 bits per heavy atom. The van der Waals surface area contributed by atoms with Gasteiger partial charge in [0.1, 0.15) is 0 Å². The van der Waals surface area contributed by atoms with E-state index in [1.807, 2.05) is 18.2 Å². The summed E-state index contributed by atoms with van der Waals surface area (Å²) in [6, 6.07) is 31.6. The zero-order chi connectivity index (χ0) is 25.3. The van der Waals surface area contributed by atoms with E-state index in [0.29, 0.717) is 19.8 Å². The molecule has 0 spiro atoms. The first-order valence-corrected chi connectivity index (χ1v) is 14.7. The van der Waals surface area contributed by atoms with E-state index in [2.05, 4.69) is 107 Å². The van der Waals surface area contributed by atoms with Gasteiger partial charge in [0.05, 0.1) is 19.3 Å². The van der Waals surface area contributed by atoms with Crippen LogP contribution in [0.15, 0.2) is 91.0 Å². The van der Waals surface area contributed by atoms with E-state index < -0.39 is 14.4 Å². The Labute approximate surface area is 213 Å². The maximum atomic E-state index is 11.0. The topological polar surface area (TPSA) is 38.7 Å². The van der Waals surface area contributed by atoms with Crippen LogP contribution in [0.1, 0.15) is 46.6 Å². The van der Waals surface area contributed by atoms with Crippen molar-refractivity contribution in [3.63, 3.8) is 0 Å². The number of hydrogen-bond acceptors (Lipinski definition) is 3. The quantitative estimate of drug-likeness (QED) is 0.326. The highest BCUT2D eigenvalue weighted by Crippen LogP contribution is 2.37. The molecule has 3 aromatic carbocycles. The second kappa shape index (κ2) is 12.6. The van der Waals surface area contributed by atoms with Gasteiger partial charge in [-0.3, -0.25) is 0 Å². The number of aliphatic hydroxyl groups is 1. The Morgan fingerprint density at radius 3 is 1.71 bits per heavy atom. The van der Waals surface area contributed by atoms with Gasteiger partial charge in [0.15, 0.2) is 0 Å². The molecule has 0 radical (unpaired) electrons. The summed E-state index contributed by atoms with van der Waals surface area (Å²) in [4.78, 5) is 0. The molecule has 0 fully saturated rings. The average molecular weight is 491 g/mol. The molecule has 0 unspecified atom stereocenters. The summed E-state index contributed by atoms with van der Waals surface area (Å²) in [6.45, 7) is 12.8. The molecule has 3 aromatic rings. The van der Waals surface area contributed by atoms with Gasteiger partial charge in [0.25, 0.3) is 8.32 Å². The molecular weight excluding hydrogens is 448 g/mol. The van der Waals surface area contributed by atoms with Gasteiger partial charge in [0, 0.05) is 12.5 Å². The smallest absolute Gasteiger partial charge is 0.261 e. The molecule has 0 aliphatic rings. The minimum atomic E-state index is -2.54. The molecule has 188 valence electrons. The normalized spacial score (nSPS) is 14.9. The summed E-state index contributed by atoms with van der Waals surface area (Å²) in [5, 5.41) is 13.5. The molecule has 0 aliphatic carbocycles. The van der Waals surface area contributed by atoms with Gasteiger partial charge in [-0.2, -0.15) is 0 Å². The van der Waals surface area contributed by atoms with E-state index in [-0.39, 0.29) is 16.9 Å². The fourth-order valence-electron chi connectivity index (χ4n) is 4.93. The monoisotopic (exact) mass is 490 g/mol. The first kappa shape index (κ1) is 27.3. The van der Waals surface area contributed by atoms with Crippen molar-refractivity contribution in [3.05, 3.63) is 96.6 Å². The predicted molar refractivity (Wildman–Crippen MR) is 149 cm³/mol. The number of hydrogen-bond donors (Lipinski definition) is 1. The molecular formula is C31H42O3Si. The number of aliphatic hydroxyl groups excluding tert-OH is 1. The van der Waals surface area contributed by atoms with Crippen LogP contribution in [0.5, 0.6) is 0 Å². The zero-order valence-electron chi connectivity index (χ0n) is 22.0. The Hall–Kier alpha value is -2.24. The molecule has 3 atom stereocenters. The number of ether oxygens (including phenoxy) is 1. The molecule has 3 rings (SSSR count). The van der Waals surface area contributed by atoms with Crippen molar-refractivity contribution in [3.8, 4) is 0 Å². The van der Waals surface area contributed by atoms with Gasteiger partial charge in [-0.25, -0.2) is 0 Å². The highest BCUT2D eigenvalue weighted by Gasteiger charge is 2.50. The maximum absolute atomic E-state index is 11.0. The molecule has 0 heterocycles. The molecule has 0 bridgehead atoms. The second-order valence-corrected chi connectivity index (χ2v) is 15.1. The first-order valence-electron chi connectivity index (χ1n) is 12.8. The zero-order valence-corrected chi connectivity index (χ0v) is 23.0. The van der Waals surface area contributed by atoms with Crippen LogP contribution in [0.3, 0.4) is 0 Å². The van der Waals surface area contributed by atoms with E-state index in [1.165, 1.54) is 10.4 Å². The van der Waals surface area contributed by atoms with Crippen molar-refractivity contribution in [1.82, 2.24) is 0 Å². The van der Waals surface area contributed by atoms with Crippen molar-refractivity contribution in [1.29, 1.82) is 0 Å². The van der Waals surface area contributed by atoms with Crippen molar-refractivity contribution in [2.75, 3.05) is 13.2 Å². The van der Waals surface area contributed by atoms with Gasteiger partial charge in [-0.05, 0) is 33.3 Å². The highest BCUT2D eigenvalue weighted by molar-refractivity contribution is 6.99. The standard InChI is InChI=1S/C31H42O3Si/c1-25(30(32)26(2)23-33-24-27-15-9-6-10-16-27)21-22-34-35(31(3,4)5,28-17-11-7-12-18-28)29-19-13-8-14-20-29/h6-20,25-26,30,32H,21-24H2,1-5H3/t25-,26+,30-/m0/s1. The Morgan fingerprint density at radius 2 is 1.23 bits per heavy atom. The van der Waals surface area contributed by atoms with Gasteiger partial charge in [0.2, 0.25) is 0 Å². The lowest BCUT2D eigenvalue weighted by molar-refractivity contribution is -0.000614. The van der Waals surface area contributed by atoms with E-state index >= 15 is 0 Å². The molecule has 0 saturated carbocycles. The predicted octanol–water partition coefficient (Wildman–Crippen LogP) is 5.80. The van der Waals surface area contributed by atoms with Crippen LogP contribution in [-0.4, -0.2) is 32.7 Å². The number of rotatable bonds is 12. The molecule has 0 aromatic heterocycles. The summed E-state index contributed by atoms with van der Waals surface area (Å²) < 4.78 is 12.9. The minimum absolute atomic E-state index is 0.0455. The van der Waals surface area contributed by atoms with Crippen molar-refractivity contribution in [2.45, 2.75) is 58.8 Å². The fourth-order valence-corrected chi connectivity index (χ4v) is 9.51. The molecule has 0 aliphatic heterocycles. The van der Waals surface area contributed by atoms with Crippen molar-refractivity contribution < 1.29 is 14.3 Å². The van der Waals surface area contributed by atoms with E-state index in [0.717, 1.165) is 12.0 Å².